The van der Waals surface area contributed by atoms with E-state index >= 15 is 0 Å². The van der Waals surface area contributed by atoms with Crippen LogP contribution in [-0.2, 0) is 0 Å². The highest BCUT2D eigenvalue weighted by Crippen LogP contribution is 2.34. The third-order valence-corrected chi connectivity index (χ3v) is 6.91. The highest BCUT2D eigenvalue weighted by molar-refractivity contribution is 14.1. The van der Waals surface area contributed by atoms with Crippen molar-refractivity contribution in [3.63, 3.8) is 0 Å². The number of likely N-dealkylation sites (tertiary alicyclic amines) is 1. The summed E-state index contributed by atoms with van der Waals surface area (Å²) in [5, 5.41) is 9.45. The highest BCUT2D eigenvalue weighted by Gasteiger charge is 2.31. The first-order valence-electron chi connectivity index (χ1n) is 10.6. The summed E-state index contributed by atoms with van der Waals surface area (Å²) in [7, 11) is 0. The molecule has 0 unspecified atom stereocenters. The molecule has 1 amide bonds. The fourth-order valence-electron chi connectivity index (χ4n) is 4.34. The van der Waals surface area contributed by atoms with Crippen molar-refractivity contribution in [1.82, 2.24) is 14.9 Å². The lowest BCUT2D eigenvalue weighted by molar-refractivity contribution is 0.139. The molecule has 3 aromatic carbocycles. The van der Waals surface area contributed by atoms with Crippen molar-refractivity contribution >= 4 is 28.7 Å². The van der Waals surface area contributed by atoms with Crippen LogP contribution in [0, 0.1) is 3.57 Å². The van der Waals surface area contributed by atoms with Crippen molar-refractivity contribution in [2.24, 2.45) is 0 Å². The van der Waals surface area contributed by atoms with Gasteiger partial charge >= 0.3 is 6.09 Å². The number of aromatic amines is 1. The second-order valence-electron chi connectivity index (χ2n) is 7.96. The van der Waals surface area contributed by atoms with Crippen LogP contribution in [0.5, 0.6) is 0 Å². The molecule has 5 nitrogen and oxygen atoms in total. The predicted octanol–water partition coefficient (Wildman–Crippen LogP) is 6.83. The minimum atomic E-state index is -0.889. The molecule has 1 aromatic heterocycles. The number of benzene rings is 3. The molecule has 1 fully saturated rings. The van der Waals surface area contributed by atoms with Gasteiger partial charge in [0, 0.05) is 15.7 Å². The van der Waals surface area contributed by atoms with E-state index in [1.54, 1.807) is 6.20 Å². The van der Waals surface area contributed by atoms with Crippen LogP contribution >= 0.6 is 22.6 Å². The Morgan fingerprint density at radius 1 is 0.969 bits per heavy atom. The predicted molar refractivity (Wildman–Crippen MR) is 134 cm³/mol. The van der Waals surface area contributed by atoms with Gasteiger partial charge in [0.05, 0.1) is 17.9 Å². The molecule has 0 bridgehead atoms. The number of amides is 1. The van der Waals surface area contributed by atoms with E-state index in [-0.39, 0.29) is 6.04 Å². The minimum absolute atomic E-state index is 0.202. The Hall–Kier alpha value is -3.13. The normalized spacial score (nSPS) is 15.8. The Morgan fingerprint density at radius 2 is 1.75 bits per heavy atom. The van der Waals surface area contributed by atoms with Crippen molar-refractivity contribution in [2.45, 2.75) is 18.9 Å². The van der Waals surface area contributed by atoms with E-state index in [4.69, 9.17) is 0 Å². The first kappa shape index (κ1) is 20.8. The van der Waals surface area contributed by atoms with E-state index in [2.05, 4.69) is 99.3 Å². The van der Waals surface area contributed by atoms with Gasteiger partial charge in [-0.15, -0.1) is 0 Å². The van der Waals surface area contributed by atoms with Gasteiger partial charge in [-0.3, -0.25) is 4.90 Å². The maximum Gasteiger partial charge on any atom is 0.407 e. The fourth-order valence-corrected chi connectivity index (χ4v) is 4.99. The Morgan fingerprint density at radius 3 is 2.56 bits per heavy atom. The molecular weight excluding hydrogens is 513 g/mol. The first-order chi connectivity index (χ1) is 15.6. The number of nitrogens with zero attached hydrogens (tertiary/aromatic N) is 2. The molecule has 32 heavy (non-hydrogen) atoms. The van der Waals surface area contributed by atoms with Gasteiger partial charge in [-0.25, -0.2) is 9.78 Å². The summed E-state index contributed by atoms with van der Waals surface area (Å²) in [5.41, 5.74) is 6.62. The van der Waals surface area contributed by atoms with Gasteiger partial charge in [-0.1, -0.05) is 54.6 Å². The van der Waals surface area contributed by atoms with Crippen LogP contribution in [0.25, 0.3) is 33.5 Å². The Labute approximate surface area is 200 Å². The molecule has 4 aromatic rings. The van der Waals surface area contributed by atoms with Gasteiger partial charge in [-0.2, -0.15) is 0 Å². The van der Waals surface area contributed by atoms with Crippen molar-refractivity contribution in [1.29, 1.82) is 0 Å². The van der Waals surface area contributed by atoms with Crippen molar-refractivity contribution in [3.8, 4) is 33.5 Å². The zero-order valence-corrected chi connectivity index (χ0v) is 19.5. The van der Waals surface area contributed by atoms with Gasteiger partial charge in [0.2, 0.25) is 0 Å². The lowest BCUT2D eigenvalue weighted by Crippen LogP contribution is -2.29. The minimum Gasteiger partial charge on any atom is -0.465 e. The van der Waals surface area contributed by atoms with E-state index in [1.807, 2.05) is 6.07 Å². The zero-order valence-electron chi connectivity index (χ0n) is 17.3. The van der Waals surface area contributed by atoms with E-state index in [0.717, 1.165) is 35.2 Å². The molecule has 0 radical (unpaired) electrons. The second-order valence-corrected chi connectivity index (χ2v) is 9.12. The van der Waals surface area contributed by atoms with Crippen LogP contribution in [-0.4, -0.2) is 32.6 Å². The Balaban J connectivity index is 1.48. The zero-order chi connectivity index (χ0) is 22.1. The maximum atomic E-state index is 11.5. The lowest BCUT2D eigenvalue weighted by Gasteiger charge is -2.19. The number of hydrogen-bond acceptors (Lipinski definition) is 2. The number of carbonyl (C=O) groups is 1. The van der Waals surface area contributed by atoms with E-state index in [0.29, 0.717) is 12.4 Å². The van der Waals surface area contributed by atoms with Crippen LogP contribution in [0.15, 0.2) is 79.0 Å². The van der Waals surface area contributed by atoms with Crippen LogP contribution in [0.4, 0.5) is 4.79 Å². The van der Waals surface area contributed by atoms with Crippen LogP contribution in [0.1, 0.15) is 24.7 Å². The quantitative estimate of drug-likeness (QED) is 0.282. The fraction of sp³-hybridized carbons (Fsp3) is 0.154. The molecule has 2 N–H and O–H groups in total. The van der Waals surface area contributed by atoms with Gasteiger partial charge in [0.25, 0.3) is 0 Å². The molecule has 1 saturated heterocycles. The van der Waals surface area contributed by atoms with E-state index < -0.39 is 6.09 Å². The second kappa shape index (κ2) is 8.78. The average molecular weight is 535 g/mol. The molecule has 1 aliphatic rings. The van der Waals surface area contributed by atoms with Crippen LogP contribution in [0.2, 0.25) is 0 Å². The number of carboxylic acid groups (broad SMARTS) is 1. The standard InChI is InChI=1S/C26H22IN3O2/c27-22-12-11-20(23-16-28-25(29-23)24-10-5-13-30(24)26(31)32)15-21(22)19-9-4-8-18(14-19)17-6-2-1-3-7-17/h1-4,6-9,11-12,14-16,24H,5,10,13H2,(H,28,29)(H,31,32)/t24-/m0/s1. The van der Waals surface area contributed by atoms with Crippen LogP contribution in [0.3, 0.4) is 0 Å². The number of hydrogen-bond donors (Lipinski definition) is 2. The summed E-state index contributed by atoms with van der Waals surface area (Å²) in [5.74, 6) is 0.714. The topological polar surface area (TPSA) is 69.2 Å². The van der Waals surface area contributed by atoms with Gasteiger partial charge in [0.1, 0.15) is 5.82 Å². The third-order valence-electron chi connectivity index (χ3n) is 5.97. The monoisotopic (exact) mass is 535 g/mol. The SMILES string of the molecule is O=C(O)N1CCC[C@H]1c1ncc(-c2ccc(I)c(-c3cccc(-c4ccccc4)c3)c2)[nH]1. The first-order valence-corrected chi connectivity index (χ1v) is 11.7. The molecule has 5 rings (SSSR count). The summed E-state index contributed by atoms with van der Waals surface area (Å²) in [4.78, 5) is 20.9. The largest absolute Gasteiger partial charge is 0.465 e. The number of nitrogens with one attached hydrogen (secondary N) is 1. The molecule has 0 spiro atoms. The number of H-pyrrole nitrogens is 1. The summed E-state index contributed by atoms with van der Waals surface area (Å²) in [6, 6.07) is 25.1. The molecular formula is C26H22IN3O2. The van der Waals surface area contributed by atoms with Crippen molar-refractivity contribution in [2.75, 3.05) is 6.54 Å². The summed E-state index contributed by atoms with van der Waals surface area (Å²) in [6.45, 7) is 0.557. The Kier molecular flexibility index (Phi) is 5.70. The summed E-state index contributed by atoms with van der Waals surface area (Å²) < 4.78 is 1.17. The number of imidazole rings is 1. The lowest BCUT2D eigenvalue weighted by atomic mass is 9.97. The third kappa shape index (κ3) is 4.02. The molecule has 0 aliphatic carbocycles. The average Bonchev–Trinajstić information content (AvgIpc) is 3.50. The highest BCUT2D eigenvalue weighted by atomic mass is 127. The smallest absolute Gasteiger partial charge is 0.407 e. The van der Waals surface area contributed by atoms with Crippen molar-refractivity contribution < 1.29 is 9.90 Å². The van der Waals surface area contributed by atoms with E-state index in [9.17, 15) is 9.90 Å². The maximum absolute atomic E-state index is 11.5. The van der Waals surface area contributed by atoms with Gasteiger partial charge < -0.3 is 10.1 Å². The van der Waals surface area contributed by atoms with Gasteiger partial charge in [-0.05, 0) is 75.9 Å². The number of rotatable bonds is 4. The molecule has 6 heteroatoms. The van der Waals surface area contributed by atoms with E-state index in [1.165, 1.54) is 19.6 Å². The van der Waals surface area contributed by atoms with Gasteiger partial charge in [0.15, 0.2) is 0 Å². The number of halogens is 1. The molecule has 1 aliphatic heterocycles. The Bertz CT molecular complexity index is 1270. The molecule has 0 saturated carbocycles. The molecule has 1 atom stereocenters. The number of aromatic nitrogens is 2. The summed E-state index contributed by atoms with van der Waals surface area (Å²) >= 11 is 2.37. The van der Waals surface area contributed by atoms with Crippen LogP contribution < -0.4 is 0 Å². The molecule has 2 heterocycles. The summed E-state index contributed by atoms with van der Waals surface area (Å²) in [6.07, 6.45) is 2.57. The molecule has 160 valence electrons. The van der Waals surface area contributed by atoms with Crippen molar-refractivity contribution in [3.05, 3.63) is 88.4 Å².